The van der Waals surface area contributed by atoms with Gasteiger partial charge in [-0.2, -0.15) is 0 Å². The Morgan fingerprint density at radius 2 is 2.14 bits per heavy atom. The molecule has 1 aromatic heterocycles. The number of likely N-dealkylation sites (N-methyl/N-ethyl adjacent to an activating group) is 1. The van der Waals surface area contributed by atoms with Crippen molar-refractivity contribution in [1.82, 2.24) is 20.1 Å². The number of nitrogens with zero attached hydrogens (tertiary/aromatic N) is 2. The summed E-state index contributed by atoms with van der Waals surface area (Å²) in [6, 6.07) is 8.33. The largest absolute Gasteiger partial charge is 0.361 e. The Morgan fingerprint density at radius 3 is 2.89 bits per heavy atom. The topological polar surface area (TPSA) is 99.1 Å². The summed E-state index contributed by atoms with van der Waals surface area (Å²) in [7, 11) is 2.07. The minimum atomic E-state index is -0.427. The number of amides is 1. The third-order valence-electron chi connectivity index (χ3n) is 5.23. The number of hydrogen-bond donors (Lipinski definition) is 4. The molecular formula is C20H32N6OS. The molecule has 1 fully saturated rings. The fraction of sp³-hybridized carbons (Fsp3) is 0.450. The quantitative estimate of drug-likeness (QED) is 0.467. The molecule has 1 aliphatic rings. The molecule has 0 bridgehead atoms. The average molecular weight is 405 g/mol. The van der Waals surface area contributed by atoms with E-state index in [9.17, 15) is 4.79 Å². The number of carbonyl (C=O) groups excluding carboxylic acids is 1. The van der Waals surface area contributed by atoms with Crippen LogP contribution in [0.25, 0.3) is 10.9 Å². The first kappa shape index (κ1) is 20.4. The van der Waals surface area contributed by atoms with E-state index < -0.39 is 5.91 Å². The van der Waals surface area contributed by atoms with Crippen molar-refractivity contribution in [2.75, 3.05) is 26.7 Å². The van der Waals surface area contributed by atoms with Crippen LogP contribution < -0.4 is 5.32 Å². The van der Waals surface area contributed by atoms with Gasteiger partial charge in [0.15, 0.2) is 10.2 Å². The number of hydrogen-bond acceptors (Lipinski definition) is 5. The van der Waals surface area contributed by atoms with Crippen molar-refractivity contribution in [2.45, 2.75) is 32.4 Å². The maximum absolute atomic E-state index is 12.4. The zero-order chi connectivity index (χ0) is 20.3. The number of para-hydroxylation sites is 1. The van der Waals surface area contributed by atoms with Crippen LogP contribution in [0.4, 0.5) is 0 Å². The second-order valence-corrected chi connectivity index (χ2v) is 8.45. The first-order valence-electron chi connectivity index (χ1n) is 9.51. The van der Waals surface area contributed by atoms with Crippen LogP contribution in [0.2, 0.25) is 0 Å². The SMILES string of the molecule is CC(Cc1c[nH]c2ccccc12)NC(=O)C(=N)SC(=N)N1CCN(C)C(C)C1.[HH].[HH]. The smallest absolute Gasteiger partial charge is 0.276 e. The van der Waals surface area contributed by atoms with Crippen LogP contribution in [0.3, 0.4) is 0 Å². The van der Waals surface area contributed by atoms with Gasteiger partial charge < -0.3 is 20.1 Å². The van der Waals surface area contributed by atoms with E-state index in [1.165, 1.54) is 0 Å². The number of amidine groups is 1. The molecule has 0 spiro atoms. The Balaban J connectivity index is 0.00000225. The molecule has 0 saturated carbocycles. The van der Waals surface area contributed by atoms with E-state index in [-0.39, 0.29) is 19.1 Å². The molecular weight excluding hydrogens is 372 g/mol. The second-order valence-electron chi connectivity index (χ2n) is 7.45. The van der Waals surface area contributed by atoms with E-state index in [0.29, 0.717) is 12.5 Å². The van der Waals surface area contributed by atoms with Crippen molar-refractivity contribution in [3.8, 4) is 0 Å². The van der Waals surface area contributed by atoms with E-state index in [4.69, 9.17) is 10.8 Å². The summed E-state index contributed by atoms with van der Waals surface area (Å²) in [4.78, 5) is 19.8. The van der Waals surface area contributed by atoms with Crippen LogP contribution in [-0.2, 0) is 11.2 Å². The van der Waals surface area contributed by atoms with Gasteiger partial charge in [-0.15, -0.1) is 0 Å². The lowest BCUT2D eigenvalue weighted by Gasteiger charge is -2.38. The highest BCUT2D eigenvalue weighted by molar-refractivity contribution is 8.27. The van der Waals surface area contributed by atoms with E-state index in [0.717, 1.165) is 47.9 Å². The normalized spacial score (nSPS) is 18.8. The van der Waals surface area contributed by atoms with E-state index >= 15 is 0 Å². The lowest BCUT2D eigenvalue weighted by Crippen LogP contribution is -2.51. The maximum Gasteiger partial charge on any atom is 0.276 e. The molecule has 2 unspecified atom stereocenters. The van der Waals surface area contributed by atoms with E-state index in [1.54, 1.807) is 0 Å². The van der Waals surface area contributed by atoms with Gasteiger partial charge in [-0.1, -0.05) is 18.2 Å². The zero-order valence-corrected chi connectivity index (χ0v) is 17.4. The Morgan fingerprint density at radius 1 is 1.39 bits per heavy atom. The van der Waals surface area contributed by atoms with Crippen molar-refractivity contribution in [3.63, 3.8) is 0 Å². The molecule has 0 aliphatic carbocycles. The van der Waals surface area contributed by atoms with Gasteiger partial charge in [0.05, 0.1) is 0 Å². The predicted octanol–water partition coefficient (Wildman–Crippen LogP) is 2.99. The number of rotatable bonds is 3. The van der Waals surface area contributed by atoms with Gasteiger partial charge in [-0.3, -0.25) is 15.6 Å². The van der Waals surface area contributed by atoms with Crippen molar-refractivity contribution in [2.24, 2.45) is 0 Å². The van der Waals surface area contributed by atoms with Crippen molar-refractivity contribution >= 4 is 38.8 Å². The highest BCUT2D eigenvalue weighted by Gasteiger charge is 2.25. The zero-order valence-electron chi connectivity index (χ0n) is 16.6. The first-order valence-corrected chi connectivity index (χ1v) is 10.3. The van der Waals surface area contributed by atoms with Crippen LogP contribution in [0.5, 0.6) is 0 Å². The van der Waals surface area contributed by atoms with Gasteiger partial charge >= 0.3 is 0 Å². The van der Waals surface area contributed by atoms with Crippen molar-refractivity contribution < 1.29 is 7.65 Å². The van der Waals surface area contributed by atoms with E-state index in [2.05, 4.69) is 35.2 Å². The van der Waals surface area contributed by atoms with Crippen molar-refractivity contribution in [3.05, 3.63) is 36.0 Å². The van der Waals surface area contributed by atoms with Crippen LogP contribution in [0, 0.1) is 10.8 Å². The fourth-order valence-electron chi connectivity index (χ4n) is 3.41. The molecule has 154 valence electrons. The first-order chi connectivity index (χ1) is 13.3. The van der Waals surface area contributed by atoms with Crippen LogP contribution in [-0.4, -0.2) is 69.7 Å². The molecule has 2 aromatic rings. The van der Waals surface area contributed by atoms with Crippen LogP contribution in [0.15, 0.2) is 30.5 Å². The van der Waals surface area contributed by atoms with E-state index in [1.807, 2.05) is 36.2 Å². The van der Waals surface area contributed by atoms with Crippen LogP contribution >= 0.6 is 11.8 Å². The summed E-state index contributed by atoms with van der Waals surface area (Å²) in [5.41, 5.74) is 2.22. The summed E-state index contributed by atoms with van der Waals surface area (Å²) >= 11 is 0.926. The number of aromatic nitrogens is 1. The Hall–Kier alpha value is -2.32. The number of H-pyrrole nitrogens is 1. The van der Waals surface area contributed by atoms with Crippen LogP contribution in [0.1, 0.15) is 22.3 Å². The minimum Gasteiger partial charge on any atom is -0.361 e. The van der Waals surface area contributed by atoms with Gasteiger partial charge in [0, 0.05) is 51.7 Å². The molecule has 4 N–H and O–H groups in total. The molecule has 2 heterocycles. The number of fused-ring (bicyclic) bond motifs is 1. The molecule has 2 atom stereocenters. The number of thioether (sulfide) groups is 1. The maximum atomic E-state index is 12.4. The summed E-state index contributed by atoms with van der Waals surface area (Å²) in [5, 5.41) is 20.5. The van der Waals surface area contributed by atoms with Gasteiger partial charge in [0.25, 0.3) is 5.91 Å². The Bertz CT molecular complexity index is 889. The standard InChI is InChI=1S/C20H28N6OS.2H2/c1-13(10-15-11-23-17-7-5-4-6-16(15)17)24-19(27)18(21)28-20(22)26-9-8-25(3)14(2)12-26;;/h4-7,11,13-14,21-23H,8-10,12H2,1-3H3,(H,24,27);2*1H. The molecule has 1 amide bonds. The molecule has 1 aromatic carbocycles. The molecule has 0 radical (unpaired) electrons. The molecule has 1 aliphatic heterocycles. The third kappa shape index (κ3) is 4.74. The summed E-state index contributed by atoms with van der Waals surface area (Å²) in [6.07, 6.45) is 2.65. The highest BCUT2D eigenvalue weighted by atomic mass is 32.2. The third-order valence-corrected chi connectivity index (χ3v) is 6.07. The Kier molecular flexibility index (Phi) is 6.41. The summed E-state index contributed by atoms with van der Waals surface area (Å²) in [6.45, 7) is 6.43. The molecule has 28 heavy (non-hydrogen) atoms. The summed E-state index contributed by atoms with van der Waals surface area (Å²) in [5.74, 6) is -0.427. The number of nitrogens with one attached hydrogen (secondary N) is 4. The second kappa shape index (κ2) is 8.79. The minimum absolute atomic E-state index is 0. The molecule has 1 saturated heterocycles. The van der Waals surface area contributed by atoms with Gasteiger partial charge in [0.2, 0.25) is 0 Å². The molecule has 3 rings (SSSR count). The number of carbonyl (C=O) groups is 1. The predicted molar refractivity (Wildman–Crippen MR) is 121 cm³/mol. The van der Waals surface area contributed by atoms with Crippen molar-refractivity contribution in [1.29, 1.82) is 10.8 Å². The number of aromatic amines is 1. The van der Waals surface area contributed by atoms with Gasteiger partial charge in [-0.05, 0) is 50.7 Å². The molecule has 8 heteroatoms. The monoisotopic (exact) mass is 404 g/mol. The van der Waals surface area contributed by atoms with Gasteiger partial charge in [0.1, 0.15) is 0 Å². The number of piperazine rings is 1. The fourth-order valence-corrected chi connectivity index (χ4v) is 4.05. The average Bonchev–Trinajstić information content (AvgIpc) is 3.06. The lowest BCUT2D eigenvalue weighted by molar-refractivity contribution is -0.115. The van der Waals surface area contributed by atoms with Gasteiger partial charge in [-0.25, -0.2) is 0 Å². The number of benzene rings is 1. The highest BCUT2D eigenvalue weighted by Crippen LogP contribution is 2.19. The molecule has 7 nitrogen and oxygen atoms in total. The summed E-state index contributed by atoms with van der Waals surface area (Å²) < 4.78 is 0. The Labute approximate surface area is 172 Å². The lowest BCUT2D eigenvalue weighted by atomic mass is 10.1.